The molecule has 9 nitrogen and oxygen atoms in total. The molecule has 0 spiro atoms. The second-order valence-electron chi connectivity index (χ2n) is 20.1. The summed E-state index contributed by atoms with van der Waals surface area (Å²) in [5.74, 6) is -0.613. The Morgan fingerprint density at radius 1 is 0.507 bits per heavy atom. The summed E-state index contributed by atoms with van der Waals surface area (Å²) >= 11 is 0. The molecule has 0 heterocycles. The normalized spacial score (nSPS) is 14.5. The number of allylic oxidation sites excluding steroid dienone is 15. The number of quaternary nitrogens is 1. The van der Waals surface area contributed by atoms with Crippen molar-refractivity contribution in [1.82, 2.24) is 5.32 Å². The Balaban J connectivity index is 5.38. The fourth-order valence-corrected chi connectivity index (χ4v) is 8.34. The van der Waals surface area contributed by atoms with E-state index in [-0.39, 0.29) is 25.5 Å². The number of ether oxygens (including phenoxy) is 1. The maximum atomic E-state index is 13.5. The summed E-state index contributed by atoms with van der Waals surface area (Å²) in [6.45, 7) is 6.81. The zero-order chi connectivity index (χ0) is 52.2. The number of rotatable bonds is 50. The van der Waals surface area contributed by atoms with Gasteiger partial charge >= 0.3 is 13.8 Å². The molecule has 408 valence electrons. The average Bonchev–Trinajstić information content (AvgIpc) is 3.33. The number of carbonyl (C=O) groups excluding carboxylic acids is 2. The minimum Gasteiger partial charge on any atom is -0.456 e. The Labute approximate surface area is 437 Å². The first kappa shape index (κ1) is 67.9. The first-order valence-corrected chi connectivity index (χ1v) is 30.1. The highest BCUT2D eigenvalue weighted by Crippen LogP contribution is 2.43. The molecule has 0 aliphatic heterocycles. The third kappa shape index (κ3) is 51.6. The van der Waals surface area contributed by atoms with Crippen LogP contribution in [0.5, 0.6) is 0 Å². The first-order valence-electron chi connectivity index (χ1n) is 28.6. The molecule has 0 rings (SSSR count). The van der Waals surface area contributed by atoms with E-state index < -0.39 is 25.9 Å². The molecule has 10 heteroatoms. The van der Waals surface area contributed by atoms with Crippen molar-refractivity contribution in [1.29, 1.82) is 0 Å². The standard InChI is InChI=1S/C61H107N2O7P/c1-7-10-13-16-19-22-25-27-28-29-30-31-32-33-34-36-38-41-44-47-50-53-60(64)62-58(57-69-71(66,67)68-56-55-63(4,5)6)59(52-49-46-43-40-37-24-21-18-15-12-9-3)70-61(65)54-51-48-45-42-39-35-26-23-20-17-14-11-8-2/h10,13,19,22,27-28,30-31,33-35,39,45,48-49,52,58-59H,7-9,11-12,14-18,20-21,23-26,29,32,36-38,40-44,46-47,50-51,53-57H2,1-6H3,(H-,62,64,66,67)/p+1/b13-10-,22-19-,28-27-,31-30-,34-33-,39-35-,48-45+,52-49-. The lowest BCUT2D eigenvalue weighted by Gasteiger charge is -2.27. The molecule has 0 fully saturated rings. The molecular weight excluding hydrogens is 904 g/mol. The van der Waals surface area contributed by atoms with Gasteiger partial charge in [-0.2, -0.15) is 0 Å². The van der Waals surface area contributed by atoms with Gasteiger partial charge in [0.15, 0.2) is 0 Å². The largest absolute Gasteiger partial charge is 0.472 e. The van der Waals surface area contributed by atoms with Gasteiger partial charge in [0.25, 0.3) is 0 Å². The lowest BCUT2D eigenvalue weighted by molar-refractivity contribution is -0.870. The van der Waals surface area contributed by atoms with Crippen LogP contribution in [0.4, 0.5) is 0 Å². The smallest absolute Gasteiger partial charge is 0.456 e. The number of hydrogen-bond acceptors (Lipinski definition) is 6. The van der Waals surface area contributed by atoms with E-state index in [0.29, 0.717) is 30.3 Å². The minimum atomic E-state index is -4.46. The van der Waals surface area contributed by atoms with Crippen molar-refractivity contribution in [2.75, 3.05) is 40.9 Å². The molecule has 0 aliphatic rings. The number of esters is 1. The van der Waals surface area contributed by atoms with Crippen molar-refractivity contribution in [2.24, 2.45) is 0 Å². The molecule has 0 saturated carbocycles. The van der Waals surface area contributed by atoms with Gasteiger partial charge in [-0.05, 0) is 96.0 Å². The molecule has 0 aromatic carbocycles. The number of hydrogen-bond donors (Lipinski definition) is 2. The second kappa shape index (κ2) is 50.5. The van der Waals surface area contributed by atoms with Gasteiger partial charge in [0.05, 0.1) is 33.8 Å². The zero-order valence-corrected chi connectivity index (χ0v) is 47.3. The quantitative estimate of drug-likeness (QED) is 0.0205. The van der Waals surface area contributed by atoms with Crippen LogP contribution in [0.15, 0.2) is 97.2 Å². The first-order chi connectivity index (χ1) is 34.4. The van der Waals surface area contributed by atoms with Gasteiger partial charge in [-0.3, -0.25) is 18.6 Å². The number of unbranched alkanes of at least 4 members (excludes halogenated alkanes) is 20. The third-order valence-electron chi connectivity index (χ3n) is 12.0. The van der Waals surface area contributed by atoms with Gasteiger partial charge < -0.3 is 19.4 Å². The van der Waals surface area contributed by atoms with Crippen LogP contribution in [0.2, 0.25) is 0 Å². The molecule has 71 heavy (non-hydrogen) atoms. The predicted octanol–water partition coefficient (Wildman–Crippen LogP) is 17.2. The number of phosphoric acid groups is 1. The molecule has 0 aromatic rings. The van der Waals surface area contributed by atoms with E-state index in [1.54, 1.807) is 0 Å². The van der Waals surface area contributed by atoms with Gasteiger partial charge in [0.1, 0.15) is 19.3 Å². The summed E-state index contributed by atoms with van der Waals surface area (Å²) in [7, 11) is 1.44. The SMILES string of the molecule is CC/C=C\C/C=C\C/C=C\C/C=C\C/C=C\CCCCCCCC(=O)NC(COP(=O)(O)OCC[N+](C)(C)C)C(/C=C\CCCCCCCCCCC)OC(=O)CC/C=C/C/C=C\CCCCCCCC. The minimum absolute atomic E-state index is 0.0239. The molecule has 0 aliphatic carbocycles. The van der Waals surface area contributed by atoms with E-state index in [0.717, 1.165) is 96.3 Å². The van der Waals surface area contributed by atoms with Crippen molar-refractivity contribution in [3.8, 4) is 0 Å². The summed E-state index contributed by atoms with van der Waals surface area (Å²) in [5, 5.41) is 3.02. The van der Waals surface area contributed by atoms with E-state index in [4.69, 9.17) is 13.8 Å². The highest BCUT2D eigenvalue weighted by atomic mass is 31.2. The van der Waals surface area contributed by atoms with Crippen LogP contribution in [0.25, 0.3) is 0 Å². The maximum Gasteiger partial charge on any atom is 0.472 e. The monoisotopic (exact) mass is 1010 g/mol. The number of nitrogens with zero attached hydrogens (tertiary/aromatic N) is 1. The van der Waals surface area contributed by atoms with Gasteiger partial charge in [-0.25, -0.2) is 4.57 Å². The molecule has 0 radical (unpaired) electrons. The van der Waals surface area contributed by atoms with Crippen LogP contribution >= 0.6 is 7.82 Å². The highest BCUT2D eigenvalue weighted by Gasteiger charge is 2.30. The fraction of sp³-hybridized carbons (Fsp3) is 0.705. The predicted molar refractivity (Wildman–Crippen MR) is 304 cm³/mol. The van der Waals surface area contributed by atoms with Crippen LogP contribution in [0.3, 0.4) is 0 Å². The summed E-state index contributed by atoms with van der Waals surface area (Å²) < 4.78 is 30.5. The Bertz CT molecular complexity index is 1540. The van der Waals surface area contributed by atoms with Crippen LogP contribution in [-0.4, -0.2) is 74.3 Å². The van der Waals surface area contributed by atoms with E-state index in [2.05, 4.69) is 105 Å². The summed E-state index contributed by atoms with van der Waals surface area (Å²) in [6, 6.07) is -0.885. The van der Waals surface area contributed by atoms with Crippen molar-refractivity contribution in [3.63, 3.8) is 0 Å². The number of nitrogens with one attached hydrogen (secondary N) is 1. The van der Waals surface area contributed by atoms with Crippen molar-refractivity contribution >= 4 is 19.7 Å². The average molecular weight is 1010 g/mol. The topological polar surface area (TPSA) is 111 Å². The number of likely N-dealkylation sites (N-methyl/N-ethyl adjacent to an activating group) is 1. The Hall–Kier alpha value is -3.07. The molecule has 3 atom stereocenters. The number of amides is 1. The van der Waals surface area contributed by atoms with Crippen LogP contribution < -0.4 is 5.32 Å². The van der Waals surface area contributed by atoms with Crippen LogP contribution in [0, 0.1) is 0 Å². The number of phosphoric ester groups is 1. The fourth-order valence-electron chi connectivity index (χ4n) is 7.61. The van der Waals surface area contributed by atoms with Gasteiger partial charge in [0, 0.05) is 12.8 Å². The second-order valence-corrected chi connectivity index (χ2v) is 21.5. The number of carbonyl (C=O) groups is 2. The molecule has 0 aromatic heterocycles. The molecule has 0 saturated heterocycles. The van der Waals surface area contributed by atoms with E-state index >= 15 is 0 Å². The lowest BCUT2D eigenvalue weighted by atomic mass is 10.1. The molecule has 3 unspecified atom stereocenters. The highest BCUT2D eigenvalue weighted by molar-refractivity contribution is 7.47. The van der Waals surface area contributed by atoms with Gasteiger partial charge in [-0.1, -0.05) is 215 Å². The third-order valence-corrected chi connectivity index (χ3v) is 13.0. The maximum absolute atomic E-state index is 13.5. The summed E-state index contributed by atoms with van der Waals surface area (Å²) in [5.41, 5.74) is 0. The zero-order valence-electron chi connectivity index (χ0n) is 46.4. The van der Waals surface area contributed by atoms with Crippen molar-refractivity contribution in [3.05, 3.63) is 97.2 Å². The van der Waals surface area contributed by atoms with Crippen LogP contribution in [0.1, 0.15) is 226 Å². The molecule has 1 amide bonds. The van der Waals surface area contributed by atoms with Gasteiger partial charge in [0.2, 0.25) is 5.91 Å². The van der Waals surface area contributed by atoms with E-state index in [1.807, 2.05) is 39.4 Å². The van der Waals surface area contributed by atoms with Crippen molar-refractivity contribution < 1.29 is 37.3 Å². The molecule has 2 N–H and O–H groups in total. The summed E-state index contributed by atoms with van der Waals surface area (Å²) in [4.78, 5) is 37.5. The van der Waals surface area contributed by atoms with Crippen LogP contribution in [-0.2, 0) is 27.9 Å². The lowest BCUT2D eigenvalue weighted by Crippen LogP contribution is -2.47. The van der Waals surface area contributed by atoms with E-state index in [9.17, 15) is 19.0 Å². The Morgan fingerprint density at radius 3 is 1.38 bits per heavy atom. The Morgan fingerprint density at radius 2 is 0.915 bits per heavy atom. The van der Waals surface area contributed by atoms with E-state index in [1.165, 1.54) is 83.5 Å². The molecular formula is C61H108N2O7P+. The van der Waals surface area contributed by atoms with Gasteiger partial charge in [-0.15, -0.1) is 0 Å². The van der Waals surface area contributed by atoms with Crippen molar-refractivity contribution in [2.45, 2.75) is 238 Å². The molecule has 0 bridgehead atoms. The summed E-state index contributed by atoms with van der Waals surface area (Å²) in [6.07, 6.45) is 67.0. The Kier molecular flexibility index (Phi) is 48.3.